The lowest BCUT2D eigenvalue weighted by Gasteiger charge is -2.06. The minimum Gasteiger partial charge on any atom is -0.264 e. The Morgan fingerprint density at radius 2 is 1.67 bits per heavy atom. The molecule has 0 saturated heterocycles. The summed E-state index contributed by atoms with van der Waals surface area (Å²) in [4.78, 5) is 9.09. The molecule has 2 nitrogen and oxygen atoms in total. The first-order valence-corrected chi connectivity index (χ1v) is 8.78. The smallest absolute Gasteiger partial charge is 0.126 e. The third-order valence-electron chi connectivity index (χ3n) is 3.76. The largest absolute Gasteiger partial charge is 0.264 e. The van der Waals surface area contributed by atoms with E-state index < -0.39 is 0 Å². The van der Waals surface area contributed by atoms with Gasteiger partial charge in [-0.3, -0.25) is 4.98 Å². The number of halogens is 1. The number of rotatable bonds is 3. The maximum atomic E-state index is 6.09. The molecule has 0 radical (unpaired) electrons. The fourth-order valence-electron chi connectivity index (χ4n) is 2.61. The van der Waals surface area contributed by atoms with E-state index in [1.807, 2.05) is 60.9 Å². The maximum Gasteiger partial charge on any atom is 0.126 e. The Morgan fingerprint density at radius 1 is 0.833 bits per heavy atom. The van der Waals surface area contributed by atoms with Gasteiger partial charge in [0, 0.05) is 33.9 Å². The van der Waals surface area contributed by atoms with E-state index in [2.05, 4.69) is 22.5 Å². The normalized spacial score (nSPS) is 10.7. The van der Waals surface area contributed by atoms with Gasteiger partial charge in [0.15, 0.2) is 0 Å². The SMILES string of the molecule is Clc1cccc(-c2csc(-c3cnccc3-c3ccccc3)n2)c1. The van der Waals surface area contributed by atoms with Crippen LogP contribution in [0.4, 0.5) is 0 Å². The third kappa shape index (κ3) is 2.96. The average molecular weight is 349 g/mol. The Bertz CT molecular complexity index is 980. The van der Waals surface area contributed by atoms with Crippen LogP contribution in [0.15, 0.2) is 78.4 Å². The molecule has 116 valence electrons. The fourth-order valence-corrected chi connectivity index (χ4v) is 3.66. The van der Waals surface area contributed by atoms with Crippen molar-refractivity contribution in [2.75, 3.05) is 0 Å². The van der Waals surface area contributed by atoms with Crippen LogP contribution in [0.5, 0.6) is 0 Å². The Balaban J connectivity index is 1.79. The van der Waals surface area contributed by atoms with Crippen LogP contribution in [0.25, 0.3) is 33.0 Å². The van der Waals surface area contributed by atoms with Gasteiger partial charge >= 0.3 is 0 Å². The Labute approximate surface area is 149 Å². The van der Waals surface area contributed by atoms with E-state index in [1.54, 1.807) is 11.3 Å². The summed E-state index contributed by atoms with van der Waals surface area (Å²) in [5.41, 5.74) is 5.30. The maximum absolute atomic E-state index is 6.09. The van der Waals surface area contributed by atoms with E-state index in [1.165, 1.54) is 0 Å². The van der Waals surface area contributed by atoms with Crippen LogP contribution in [0.1, 0.15) is 0 Å². The van der Waals surface area contributed by atoms with Gasteiger partial charge in [0.05, 0.1) is 5.69 Å². The first-order valence-electron chi connectivity index (χ1n) is 7.52. The first-order chi connectivity index (χ1) is 11.8. The van der Waals surface area contributed by atoms with Crippen molar-refractivity contribution < 1.29 is 0 Å². The molecule has 2 heterocycles. The van der Waals surface area contributed by atoms with Crippen molar-refractivity contribution in [3.8, 4) is 33.0 Å². The zero-order chi connectivity index (χ0) is 16.4. The standard InChI is InChI=1S/C20H13ClN2S/c21-16-8-4-7-15(11-16)19-13-24-20(23-19)18-12-22-10-9-17(18)14-5-2-1-3-6-14/h1-13H. The van der Waals surface area contributed by atoms with Crippen molar-refractivity contribution in [3.05, 3.63) is 83.5 Å². The summed E-state index contributed by atoms with van der Waals surface area (Å²) in [6.45, 7) is 0. The summed E-state index contributed by atoms with van der Waals surface area (Å²) in [5.74, 6) is 0. The van der Waals surface area contributed by atoms with Crippen molar-refractivity contribution >= 4 is 22.9 Å². The van der Waals surface area contributed by atoms with Crippen LogP contribution in [0.3, 0.4) is 0 Å². The van der Waals surface area contributed by atoms with Crippen molar-refractivity contribution in [1.29, 1.82) is 0 Å². The summed E-state index contributed by atoms with van der Waals surface area (Å²) in [5, 5.41) is 3.73. The Morgan fingerprint density at radius 3 is 2.50 bits per heavy atom. The number of benzene rings is 2. The van der Waals surface area contributed by atoms with E-state index in [0.717, 1.165) is 33.0 Å². The van der Waals surface area contributed by atoms with Gasteiger partial charge in [0.25, 0.3) is 0 Å². The molecule has 0 amide bonds. The second-order valence-electron chi connectivity index (χ2n) is 5.34. The van der Waals surface area contributed by atoms with E-state index in [9.17, 15) is 0 Å². The summed E-state index contributed by atoms with van der Waals surface area (Å²) in [6, 6.07) is 20.1. The van der Waals surface area contributed by atoms with Crippen molar-refractivity contribution in [1.82, 2.24) is 9.97 Å². The highest BCUT2D eigenvalue weighted by atomic mass is 35.5. The summed E-state index contributed by atoms with van der Waals surface area (Å²) >= 11 is 7.71. The molecule has 0 saturated carbocycles. The highest BCUT2D eigenvalue weighted by Gasteiger charge is 2.12. The second-order valence-corrected chi connectivity index (χ2v) is 6.63. The van der Waals surface area contributed by atoms with Gasteiger partial charge < -0.3 is 0 Å². The third-order valence-corrected chi connectivity index (χ3v) is 4.87. The molecule has 4 heteroatoms. The molecule has 0 atom stereocenters. The molecule has 0 bridgehead atoms. The molecular formula is C20H13ClN2S. The number of thiazole rings is 1. The van der Waals surface area contributed by atoms with Crippen molar-refractivity contribution in [2.24, 2.45) is 0 Å². The van der Waals surface area contributed by atoms with Gasteiger partial charge in [0.2, 0.25) is 0 Å². The van der Waals surface area contributed by atoms with Crippen molar-refractivity contribution in [3.63, 3.8) is 0 Å². The van der Waals surface area contributed by atoms with Gasteiger partial charge in [0.1, 0.15) is 5.01 Å². The molecule has 4 rings (SSSR count). The minimum atomic E-state index is 0.716. The lowest BCUT2D eigenvalue weighted by Crippen LogP contribution is -1.86. The number of hydrogen-bond donors (Lipinski definition) is 0. The topological polar surface area (TPSA) is 25.8 Å². The monoisotopic (exact) mass is 348 g/mol. The van der Waals surface area contributed by atoms with E-state index >= 15 is 0 Å². The number of nitrogens with zero attached hydrogens (tertiary/aromatic N) is 2. The molecule has 0 fully saturated rings. The average Bonchev–Trinajstić information content (AvgIpc) is 3.12. The second kappa shape index (κ2) is 6.56. The molecule has 0 unspecified atom stereocenters. The lowest BCUT2D eigenvalue weighted by molar-refractivity contribution is 1.31. The van der Waals surface area contributed by atoms with Crippen LogP contribution in [-0.4, -0.2) is 9.97 Å². The first kappa shape index (κ1) is 15.1. The molecule has 0 aliphatic carbocycles. The van der Waals surface area contributed by atoms with Gasteiger partial charge in [-0.05, 0) is 29.3 Å². The number of pyridine rings is 1. The van der Waals surface area contributed by atoms with Gasteiger partial charge in [-0.15, -0.1) is 11.3 Å². The zero-order valence-electron chi connectivity index (χ0n) is 12.7. The lowest BCUT2D eigenvalue weighted by atomic mass is 10.0. The molecule has 0 aliphatic rings. The molecule has 2 aromatic heterocycles. The molecule has 0 spiro atoms. The van der Waals surface area contributed by atoms with E-state index in [0.29, 0.717) is 5.02 Å². The van der Waals surface area contributed by atoms with Crippen LogP contribution in [-0.2, 0) is 0 Å². The van der Waals surface area contributed by atoms with E-state index in [4.69, 9.17) is 16.6 Å². The highest BCUT2D eigenvalue weighted by Crippen LogP contribution is 2.35. The van der Waals surface area contributed by atoms with Crippen LogP contribution in [0, 0.1) is 0 Å². The Kier molecular flexibility index (Phi) is 4.11. The number of aromatic nitrogens is 2. The molecule has 0 aliphatic heterocycles. The fraction of sp³-hybridized carbons (Fsp3) is 0. The summed E-state index contributed by atoms with van der Waals surface area (Å²) in [6.07, 6.45) is 3.69. The molecular weight excluding hydrogens is 336 g/mol. The molecule has 24 heavy (non-hydrogen) atoms. The summed E-state index contributed by atoms with van der Waals surface area (Å²) in [7, 11) is 0. The van der Waals surface area contributed by atoms with Crippen LogP contribution >= 0.6 is 22.9 Å². The minimum absolute atomic E-state index is 0.716. The van der Waals surface area contributed by atoms with Crippen LogP contribution < -0.4 is 0 Å². The quantitative estimate of drug-likeness (QED) is 0.441. The zero-order valence-corrected chi connectivity index (χ0v) is 14.3. The predicted octanol–water partition coefficient (Wildman–Crippen LogP) is 6.19. The van der Waals surface area contributed by atoms with Crippen LogP contribution in [0.2, 0.25) is 5.02 Å². The Hall–Kier alpha value is -2.49. The predicted molar refractivity (Wildman–Crippen MR) is 101 cm³/mol. The highest BCUT2D eigenvalue weighted by molar-refractivity contribution is 7.13. The van der Waals surface area contributed by atoms with Crippen molar-refractivity contribution in [2.45, 2.75) is 0 Å². The molecule has 0 N–H and O–H groups in total. The van der Waals surface area contributed by atoms with Gasteiger partial charge in [-0.25, -0.2) is 4.98 Å². The van der Waals surface area contributed by atoms with E-state index in [-0.39, 0.29) is 0 Å². The molecule has 2 aromatic carbocycles. The van der Waals surface area contributed by atoms with Gasteiger partial charge in [-0.1, -0.05) is 54.1 Å². The summed E-state index contributed by atoms with van der Waals surface area (Å²) < 4.78 is 0. The van der Waals surface area contributed by atoms with Gasteiger partial charge in [-0.2, -0.15) is 0 Å². The molecule has 4 aromatic rings. The number of hydrogen-bond acceptors (Lipinski definition) is 3.